The van der Waals surface area contributed by atoms with E-state index in [4.69, 9.17) is 10.00 Å². The largest absolute Gasteiger partial charge is 0.489 e. The van der Waals surface area contributed by atoms with Gasteiger partial charge in [0, 0.05) is 6.54 Å². The van der Waals surface area contributed by atoms with E-state index in [1.54, 1.807) is 12.1 Å². The second-order valence-corrected chi connectivity index (χ2v) is 6.19. The minimum atomic E-state index is -0.847. The lowest BCUT2D eigenvalue weighted by atomic mass is 10.0. The average Bonchev–Trinajstić information content (AvgIpc) is 2.60. The molecule has 0 aliphatic carbocycles. The highest BCUT2D eigenvalue weighted by Gasteiger charge is 2.20. The lowest BCUT2D eigenvalue weighted by molar-refractivity contribution is -0.140. The molecule has 0 bridgehead atoms. The van der Waals surface area contributed by atoms with Gasteiger partial charge in [-0.05, 0) is 41.3 Å². The zero-order chi connectivity index (χ0) is 18.2. The monoisotopic (exact) mass is 338 g/mol. The molecule has 0 amide bonds. The van der Waals surface area contributed by atoms with E-state index in [1.807, 2.05) is 50.2 Å². The Morgan fingerprint density at radius 2 is 1.92 bits per heavy atom. The maximum atomic E-state index is 11.2. The Morgan fingerprint density at radius 3 is 2.60 bits per heavy atom. The molecule has 25 heavy (non-hydrogen) atoms. The molecule has 0 spiro atoms. The van der Waals surface area contributed by atoms with Crippen molar-refractivity contribution in [3.8, 4) is 11.8 Å². The molecule has 0 fully saturated rings. The topological polar surface area (TPSA) is 82.3 Å². The van der Waals surface area contributed by atoms with Crippen molar-refractivity contribution in [2.24, 2.45) is 5.92 Å². The summed E-state index contributed by atoms with van der Waals surface area (Å²) in [5.74, 6) is -0.137. The maximum Gasteiger partial charge on any atom is 0.320 e. The molecule has 5 heteroatoms. The third-order valence-electron chi connectivity index (χ3n) is 3.82. The molecule has 0 aliphatic rings. The zero-order valence-corrected chi connectivity index (χ0v) is 14.4. The quantitative estimate of drug-likeness (QED) is 0.771. The Morgan fingerprint density at radius 1 is 1.20 bits per heavy atom. The number of nitrogens with one attached hydrogen (secondary N) is 1. The predicted molar refractivity (Wildman–Crippen MR) is 95.0 cm³/mol. The predicted octanol–water partition coefficient (Wildman–Crippen LogP) is 3.34. The minimum absolute atomic E-state index is 0.00402. The third-order valence-corrected chi connectivity index (χ3v) is 3.82. The van der Waals surface area contributed by atoms with Crippen molar-refractivity contribution in [3.05, 3.63) is 65.2 Å². The maximum absolute atomic E-state index is 11.2. The SMILES string of the molecule is CC(C)[C@H](NCc1cccc(OCc2cccc(C#N)c2)c1)C(=O)O. The van der Waals surface area contributed by atoms with Crippen LogP contribution in [0.3, 0.4) is 0 Å². The van der Waals surface area contributed by atoms with Crippen LogP contribution in [-0.4, -0.2) is 17.1 Å². The van der Waals surface area contributed by atoms with Crippen molar-refractivity contribution in [2.45, 2.75) is 33.0 Å². The third kappa shape index (κ3) is 5.63. The number of nitrogens with zero attached hydrogens (tertiary/aromatic N) is 1. The summed E-state index contributed by atoms with van der Waals surface area (Å²) in [4.78, 5) is 11.2. The van der Waals surface area contributed by atoms with Crippen LogP contribution in [0.5, 0.6) is 5.75 Å². The smallest absolute Gasteiger partial charge is 0.320 e. The molecule has 1 atom stereocenters. The van der Waals surface area contributed by atoms with Gasteiger partial charge in [-0.15, -0.1) is 0 Å². The van der Waals surface area contributed by atoms with E-state index in [-0.39, 0.29) is 5.92 Å². The number of aliphatic carboxylic acids is 1. The van der Waals surface area contributed by atoms with E-state index in [9.17, 15) is 9.90 Å². The number of benzene rings is 2. The van der Waals surface area contributed by atoms with E-state index in [0.29, 0.717) is 24.5 Å². The van der Waals surface area contributed by atoms with Crippen LogP contribution in [0.2, 0.25) is 0 Å². The Kier molecular flexibility index (Phi) is 6.55. The van der Waals surface area contributed by atoms with Gasteiger partial charge in [-0.25, -0.2) is 0 Å². The summed E-state index contributed by atoms with van der Waals surface area (Å²) >= 11 is 0. The molecule has 2 rings (SSSR count). The van der Waals surface area contributed by atoms with Crippen LogP contribution in [0, 0.1) is 17.2 Å². The molecule has 0 radical (unpaired) electrons. The molecule has 2 aromatic carbocycles. The van der Waals surface area contributed by atoms with Gasteiger partial charge in [0.15, 0.2) is 0 Å². The van der Waals surface area contributed by atoms with Gasteiger partial charge in [0.1, 0.15) is 18.4 Å². The number of hydrogen-bond acceptors (Lipinski definition) is 4. The first-order valence-corrected chi connectivity index (χ1v) is 8.16. The molecule has 2 aromatic rings. The van der Waals surface area contributed by atoms with Crippen LogP contribution in [0.15, 0.2) is 48.5 Å². The molecule has 0 saturated carbocycles. The van der Waals surface area contributed by atoms with Crippen molar-refractivity contribution in [1.82, 2.24) is 5.32 Å². The Bertz CT molecular complexity index is 766. The van der Waals surface area contributed by atoms with Crippen LogP contribution in [0.25, 0.3) is 0 Å². The molecule has 0 heterocycles. The lowest BCUT2D eigenvalue weighted by Crippen LogP contribution is -2.40. The van der Waals surface area contributed by atoms with E-state index in [1.165, 1.54) is 0 Å². The second kappa shape index (κ2) is 8.86. The molecular weight excluding hydrogens is 316 g/mol. The van der Waals surface area contributed by atoms with Gasteiger partial charge >= 0.3 is 5.97 Å². The molecule has 5 nitrogen and oxygen atoms in total. The Labute approximate surface area is 147 Å². The molecule has 0 unspecified atom stereocenters. The number of carboxylic acids is 1. The number of carboxylic acid groups (broad SMARTS) is 1. The summed E-state index contributed by atoms with van der Waals surface area (Å²) in [6.07, 6.45) is 0. The normalized spacial score (nSPS) is 11.8. The molecule has 2 N–H and O–H groups in total. The summed E-state index contributed by atoms with van der Waals surface area (Å²) in [5.41, 5.74) is 2.48. The molecular formula is C20H22N2O3. The fourth-order valence-electron chi connectivity index (χ4n) is 2.48. The number of ether oxygens (including phenoxy) is 1. The Balaban J connectivity index is 1.96. The van der Waals surface area contributed by atoms with Crippen LogP contribution in [-0.2, 0) is 17.9 Å². The van der Waals surface area contributed by atoms with E-state index < -0.39 is 12.0 Å². The van der Waals surface area contributed by atoms with Crippen LogP contribution in [0.4, 0.5) is 0 Å². The van der Waals surface area contributed by atoms with E-state index in [0.717, 1.165) is 11.1 Å². The number of rotatable bonds is 8. The minimum Gasteiger partial charge on any atom is -0.489 e. The lowest BCUT2D eigenvalue weighted by Gasteiger charge is -2.18. The summed E-state index contributed by atoms with van der Waals surface area (Å²) in [5, 5.41) is 21.2. The van der Waals surface area contributed by atoms with Crippen LogP contribution in [0.1, 0.15) is 30.5 Å². The van der Waals surface area contributed by atoms with Gasteiger partial charge in [-0.3, -0.25) is 4.79 Å². The van der Waals surface area contributed by atoms with Gasteiger partial charge in [-0.1, -0.05) is 38.1 Å². The fourth-order valence-corrected chi connectivity index (χ4v) is 2.48. The molecule has 0 aromatic heterocycles. The standard InChI is InChI=1S/C20H22N2O3/c1-14(2)19(20(23)24)22-12-16-6-4-8-18(10-16)25-13-17-7-3-5-15(9-17)11-21/h3-10,14,19,22H,12-13H2,1-2H3,(H,23,24)/t19-/m0/s1. The Hall–Kier alpha value is -2.84. The van der Waals surface area contributed by atoms with Crippen LogP contribution < -0.4 is 10.1 Å². The summed E-state index contributed by atoms with van der Waals surface area (Å²) in [6.45, 7) is 4.58. The second-order valence-electron chi connectivity index (χ2n) is 6.19. The molecule has 0 aliphatic heterocycles. The summed E-state index contributed by atoms with van der Waals surface area (Å²) in [6, 6.07) is 16.4. The highest BCUT2D eigenvalue weighted by Crippen LogP contribution is 2.16. The van der Waals surface area contributed by atoms with Gasteiger partial charge in [0.2, 0.25) is 0 Å². The first-order chi connectivity index (χ1) is 12.0. The number of nitriles is 1. The van der Waals surface area contributed by atoms with Crippen molar-refractivity contribution < 1.29 is 14.6 Å². The van der Waals surface area contributed by atoms with Gasteiger partial charge in [0.25, 0.3) is 0 Å². The highest BCUT2D eigenvalue weighted by molar-refractivity contribution is 5.73. The van der Waals surface area contributed by atoms with E-state index in [2.05, 4.69) is 11.4 Å². The van der Waals surface area contributed by atoms with Gasteiger partial charge < -0.3 is 15.2 Å². The zero-order valence-electron chi connectivity index (χ0n) is 14.4. The number of carbonyl (C=O) groups is 1. The van der Waals surface area contributed by atoms with Gasteiger partial charge in [0.05, 0.1) is 11.6 Å². The fraction of sp³-hybridized carbons (Fsp3) is 0.300. The summed E-state index contributed by atoms with van der Waals surface area (Å²) < 4.78 is 5.78. The van der Waals surface area contributed by atoms with Crippen molar-refractivity contribution in [1.29, 1.82) is 5.26 Å². The first kappa shape index (κ1) is 18.5. The van der Waals surface area contributed by atoms with Crippen molar-refractivity contribution in [2.75, 3.05) is 0 Å². The molecule has 0 saturated heterocycles. The van der Waals surface area contributed by atoms with Crippen LogP contribution >= 0.6 is 0 Å². The highest BCUT2D eigenvalue weighted by atomic mass is 16.5. The summed E-state index contributed by atoms with van der Waals surface area (Å²) in [7, 11) is 0. The number of hydrogen-bond donors (Lipinski definition) is 2. The van der Waals surface area contributed by atoms with Crippen molar-refractivity contribution >= 4 is 5.97 Å². The van der Waals surface area contributed by atoms with Gasteiger partial charge in [-0.2, -0.15) is 5.26 Å². The molecule has 130 valence electrons. The van der Waals surface area contributed by atoms with Crippen molar-refractivity contribution in [3.63, 3.8) is 0 Å². The first-order valence-electron chi connectivity index (χ1n) is 8.16. The average molecular weight is 338 g/mol. The van der Waals surface area contributed by atoms with E-state index >= 15 is 0 Å².